The zero-order valence-corrected chi connectivity index (χ0v) is 15.1. The molecule has 0 radical (unpaired) electrons. The molecule has 1 atom stereocenters. The number of halogens is 1. The topological polar surface area (TPSA) is 41.1 Å². The molecule has 0 aliphatic carbocycles. The molecule has 1 heterocycles. The van der Waals surface area contributed by atoms with Gasteiger partial charge in [0.15, 0.2) is 0 Å². The van der Waals surface area contributed by atoms with E-state index in [1.54, 1.807) is 11.8 Å². The summed E-state index contributed by atoms with van der Waals surface area (Å²) in [5.74, 6) is 0.766. The van der Waals surface area contributed by atoms with Crippen LogP contribution in [-0.2, 0) is 0 Å². The third-order valence-corrected chi connectivity index (χ3v) is 4.81. The van der Waals surface area contributed by atoms with Crippen molar-refractivity contribution >= 4 is 30.1 Å². The van der Waals surface area contributed by atoms with Gasteiger partial charge in [-0.15, -0.1) is 24.2 Å². The largest absolute Gasteiger partial charge is 0.352 e. The molecule has 1 unspecified atom stereocenters. The van der Waals surface area contributed by atoms with E-state index in [0.717, 1.165) is 36.5 Å². The lowest BCUT2D eigenvalue weighted by atomic mass is 9.96. The van der Waals surface area contributed by atoms with Crippen LogP contribution in [0.4, 0.5) is 0 Å². The first-order valence-electron chi connectivity index (χ1n) is 7.91. The molecule has 0 aromatic heterocycles. The molecular weight excluding hydrogens is 316 g/mol. The normalized spacial score (nSPS) is 17.9. The Balaban J connectivity index is 0.00000242. The average Bonchev–Trinajstić information content (AvgIpc) is 2.48. The zero-order valence-electron chi connectivity index (χ0n) is 13.4. The van der Waals surface area contributed by atoms with Crippen molar-refractivity contribution in [3.05, 3.63) is 29.8 Å². The van der Waals surface area contributed by atoms with Gasteiger partial charge in [0, 0.05) is 16.7 Å². The third kappa shape index (κ3) is 6.19. The van der Waals surface area contributed by atoms with Crippen molar-refractivity contribution in [1.82, 2.24) is 10.6 Å². The Bertz CT molecular complexity index is 462. The van der Waals surface area contributed by atoms with E-state index in [1.807, 2.05) is 24.3 Å². The lowest BCUT2D eigenvalue weighted by Gasteiger charge is -2.22. The van der Waals surface area contributed by atoms with Gasteiger partial charge in [-0.25, -0.2) is 0 Å². The van der Waals surface area contributed by atoms with Gasteiger partial charge in [-0.05, 0) is 50.4 Å². The highest BCUT2D eigenvalue weighted by Gasteiger charge is 2.15. The molecule has 0 spiro atoms. The fourth-order valence-corrected chi connectivity index (χ4v) is 3.62. The van der Waals surface area contributed by atoms with Crippen LogP contribution in [0.25, 0.3) is 0 Å². The maximum absolute atomic E-state index is 12.3. The summed E-state index contributed by atoms with van der Waals surface area (Å²) in [6.45, 7) is 7.30. The molecule has 124 valence electrons. The van der Waals surface area contributed by atoms with Crippen LogP contribution >= 0.6 is 24.2 Å². The summed E-state index contributed by atoms with van der Waals surface area (Å²) in [4.78, 5) is 13.4. The molecule has 0 bridgehead atoms. The van der Waals surface area contributed by atoms with E-state index in [-0.39, 0.29) is 18.3 Å². The predicted octanol–water partition coefficient (Wildman–Crippen LogP) is 3.73. The fraction of sp³-hybridized carbons (Fsp3) is 0.588. The molecule has 1 aliphatic rings. The standard InChI is InChI=1S/C17H26N2OS.ClH/c1-13(2)21-16-8-4-3-7-15(16)17(20)19-11-9-14-6-5-10-18-12-14;/h3-4,7-8,13-14,18H,5-6,9-12H2,1-2H3,(H,19,20);1H. The Hall–Kier alpha value is -0.710. The minimum Gasteiger partial charge on any atom is -0.352 e. The number of nitrogens with one attached hydrogen (secondary N) is 2. The summed E-state index contributed by atoms with van der Waals surface area (Å²) in [6.07, 6.45) is 3.60. The van der Waals surface area contributed by atoms with Crippen molar-refractivity contribution < 1.29 is 4.79 Å². The molecule has 22 heavy (non-hydrogen) atoms. The lowest BCUT2D eigenvalue weighted by Crippen LogP contribution is -2.33. The summed E-state index contributed by atoms with van der Waals surface area (Å²) < 4.78 is 0. The van der Waals surface area contributed by atoms with Gasteiger partial charge in [0.05, 0.1) is 5.56 Å². The first kappa shape index (κ1) is 19.3. The minimum atomic E-state index is 0. The number of carbonyl (C=O) groups is 1. The quantitative estimate of drug-likeness (QED) is 0.774. The van der Waals surface area contributed by atoms with Crippen molar-refractivity contribution in [2.24, 2.45) is 5.92 Å². The van der Waals surface area contributed by atoms with Crippen LogP contribution in [0, 0.1) is 5.92 Å². The summed E-state index contributed by atoms with van der Waals surface area (Å²) in [5.41, 5.74) is 0.804. The van der Waals surface area contributed by atoms with Crippen molar-refractivity contribution in [3.63, 3.8) is 0 Å². The van der Waals surface area contributed by atoms with E-state index in [1.165, 1.54) is 12.8 Å². The molecule has 1 aromatic carbocycles. The van der Waals surface area contributed by atoms with Crippen molar-refractivity contribution in [3.8, 4) is 0 Å². The van der Waals surface area contributed by atoms with Gasteiger partial charge in [0.25, 0.3) is 5.91 Å². The van der Waals surface area contributed by atoms with Gasteiger partial charge >= 0.3 is 0 Å². The van der Waals surface area contributed by atoms with Crippen LogP contribution in [0.2, 0.25) is 0 Å². The highest BCUT2D eigenvalue weighted by Crippen LogP contribution is 2.26. The predicted molar refractivity (Wildman–Crippen MR) is 97.2 cm³/mol. The van der Waals surface area contributed by atoms with E-state index in [4.69, 9.17) is 0 Å². The Kier molecular flexibility index (Phi) is 8.91. The number of hydrogen-bond acceptors (Lipinski definition) is 3. The maximum atomic E-state index is 12.3. The first-order valence-corrected chi connectivity index (χ1v) is 8.79. The Morgan fingerprint density at radius 3 is 2.86 bits per heavy atom. The zero-order chi connectivity index (χ0) is 15.1. The average molecular weight is 343 g/mol. The van der Waals surface area contributed by atoms with Gasteiger partial charge in [0.1, 0.15) is 0 Å². The SMILES string of the molecule is CC(C)Sc1ccccc1C(=O)NCCC1CCCNC1.Cl. The van der Waals surface area contributed by atoms with Crippen LogP contribution in [0.1, 0.15) is 43.5 Å². The molecule has 1 aliphatic heterocycles. The Labute approximate surface area is 144 Å². The van der Waals surface area contributed by atoms with Crippen molar-refractivity contribution in [2.45, 2.75) is 43.3 Å². The van der Waals surface area contributed by atoms with E-state index in [0.29, 0.717) is 11.2 Å². The highest BCUT2D eigenvalue weighted by molar-refractivity contribution is 8.00. The number of piperidine rings is 1. The molecule has 2 rings (SSSR count). The number of amides is 1. The molecule has 3 nitrogen and oxygen atoms in total. The molecule has 5 heteroatoms. The van der Waals surface area contributed by atoms with Crippen LogP contribution < -0.4 is 10.6 Å². The smallest absolute Gasteiger partial charge is 0.252 e. The summed E-state index contributed by atoms with van der Waals surface area (Å²) in [6, 6.07) is 7.88. The van der Waals surface area contributed by atoms with Crippen molar-refractivity contribution in [2.75, 3.05) is 19.6 Å². The summed E-state index contributed by atoms with van der Waals surface area (Å²) in [5, 5.41) is 6.98. The fourth-order valence-electron chi connectivity index (χ4n) is 2.67. The molecule has 1 amide bonds. The first-order chi connectivity index (χ1) is 10.2. The second-order valence-electron chi connectivity index (χ2n) is 5.92. The molecule has 1 saturated heterocycles. The monoisotopic (exact) mass is 342 g/mol. The Morgan fingerprint density at radius 1 is 1.41 bits per heavy atom. The number of benzene rings is 1. The van der Waals surface area contributed by atoms with Gasteiger partial charge in [-0.1, -0.05) is 26.0 Å². The van der Waals surface area contributed by atoms with E-state index in [2.05, 4.69) is 24.5 Å². The molecule has 2 N–H and O–H groups in total. The molecule has 1 aromatic rings. The van der Waals surface area contributed by atoms with Crippen LogP contribution in [0.3, 0.4) is 0 Å². The number of hydrogen-bond donors (Lipinski definition) is 2. The van der Waals surface area contributed by atoms with Crippen LogP contribution in [0.5, 0.6) is 0 Å². The van der Waals surface area contributed by atoms with Crippen LogP contribution in [0.15, 0.2) is 29.2 Å². The maximum Gasteiger partial charge on any atom is 0.252 e. The second-order valence-corrected chi connectivity index (χ2v) is 7.54. The van der Waals surface area contributed by atoms with Gasteiger partial charge in [0.2, 0.25) is 0 Å². The number of carbonyl (C=O) groups excluding carboxylic acids is 1. The van der Waals surface area contributed by atoms with E-state index >= 15 is 0 Å². The Morgan fingerprint density at radius 2 is 2.18 bits per heavy atom. The highest BCUT2D eigenvalue weighted by atomic mass is 35.5. The van der Waals surface area contributed by atoms with E-state index < -0.39 is 0 Å². The third-order valence-electron chi connectivity index (χ3n) is 3.73. The molecular formula is C17H27ClN2OS. The molecule has 0 saturated carbocycles. The number of thioether (sulfide) groups is 1. The van der Waals surface area contributed by atoms with Gasteiger partial charge in [-0.3, -0.25) is 4.79 Å². The summed E-state index contributed by atoms with van der Waals surface area (Å²) in [7, 11) is 0. The van der Waals surface area contributed by atoms with E-state index in [9.17, 15) is 4.79 Å². The van der Waals surface area contributed by atoms with Crippen LogP contribution in [-0.4, -0.2) is 30.8 Å². The van der Waals surface area contributed by atoms with Crippen molar-refractivity contribution in [1.29, 1.82) is 0 Å². The second kappa shape index (κ2) is 10.1. The lowest BCUT2D eigenvalue weighted by molar-refractivity contribution is 0.0947. The van der Waals surface area contributed by atoms with Gasteiger partial charge in [-0.2, -0.15) is 0 Å². The summed E-state index contributed by atoms with van der Waals surface area (Å²) >= 11 is 1.74. The van der Waals surface area contributed by atoms with Gasteiger partial charge < -0.3 is 10.6 Å². The minimum absolute atomic E-state index is 0. The number of rotatable bonds is 6. The molecule has 1 fully saturated rings.